The summed E-state index contributed by atoms with van der Waals surface area (Å²) < 4.78 is 0. The number of rotatable bonds is 8. The van der Waals surface area contributed by atoms with Gasteiger partial charge in [-0.3, -0.25) is 14.8 Å². The van der Waals surface area contributed by atoms with E-state index in [4.69, 9.17) is 0 Å². The summed E-state index contributed by atoms with van der Waals surface area (Å²) >= 11 is 0. The highest BCUT2D eigenvalue weighted by Crippen LogP contribution is 2.27. The molecule has 5 heteroatoms. The lowest BCUT2D eigenvalue weighted by atomic mass is 10.1. The minimum absolute atomic E-state index is 0.406. The molecule has 1 aliphatic heterocycles. The highest BCUT2D eigenvalue weighted by Gasteiger charge is 2.29. The number of hydrogen-bond donors (Lipinski definition) is 2. The fraction of sp³-hybridized carbons (Fsp3) is 0.667. The molecule has 5 nitrogen and oxygen atoms in total. The van der Waals surface area contributed by atoms with Gasteiger partial charge in [-0.15, -0.1) is 0 Å². The van der Waals surface area contributed by atoms with Gasteiger partial charge in [-0.25, -0.2) is 0 Å². The van der Waals surface area contributed by atoms with Crippen molar-refractivity contribution < 1.29 is 0 Å². The highest BCUT2D eigenvalue weighted by molar-refractivity contribution is 5.79. The molecule has 26 heavy (non-hydrogen) atoms. The number of likely N-dealkylation sites (N-methyl/N-ethyl adjacent to an activating group) is 1. The number of hydrogen-bond acceptors (Lipinski definition) is 3. The molecule has 3 rings (SSSR count). The molecule has 2 unspecified atom stereocenters. The van der Waals surface area contributed by atoms with Gasteiger partial charge in [0.1, 0.15) is 0 Å². The normalized spacial score (nSPS) is 21.0. The molecular weight excluding hydrogens is 322 g/mol. The number of likely N-dealkylation sites (tertiary alicyclic amines) is 1. The van der Waals surface area contributed by atoms with E-state index in [1.54, 1.807) is 0 Å². The van der Waals surface area contributed by atoms with Gasteiger partial charge in [-0.05, 0) is 58.3 Å². The Kier molecular flexibility index (Phi) is 6.92. The Balaban J connectivity index is 1.53. The van der Waals surface area contributed by atoms with Gasteiger partial charge in [0.15, 0.2) is 5.96 Å². The van der Waals surface area contributed by atoms with Crippen LogP contribution in [-0.2, 0) is 0 Å². The number of guanidine groups is 1. The van der Waals surface area contributed by atoms with Crippen LogP contribution in [0.3, 0.4) is 0 Å². The van der Waals surface area contributed by atoms with Crippen LogP contribution in [0, 0.1) is 0 Å². The van der Waals surface area contributed by atoms with Crippen LogP contribution in [0.25, 0.3) is 0 Å². The van der Waals surface area contributed by atoms with E-state index in [9.17, 15) is 0 Å². The molecule has 2 N–H and O–H groups in total. The van der Waals surface area contributed by atoms with Gasteiger partial charge in [-0.2, -0.15) is 0 Å². The lowest BCUT2D eigenvalue weighted by Gasteiger charge is -2.29. The molecule has 1 aromatic rings. The highest BCUT2D eigenvalue weighted by atomic mass is 15.2. The molecule has 2 atom stereocenters. The first-order valence-electron chi connectivity index (χ1n) is 10.1. The largest absolute Gasteiger partial charge is 0.355 e. The van der Waals surface area contributed by atoms with Crippen LogP contribution in [-0.4, -0.2) is 68.1 Å². The van der Waals surface area contributed by atoms with Gasteiger partial charge in [0.05, 0.1) is 6.04 Å². The summed E-state index contributed by atoms with van der Waals surface area (Å²) in [6.07, 6.45) is 5.31. The predicted molar refractivity (Wildman–Crippen MR) is 110 cm³/mol. The van der Waals surface area contributed by atoms with Gasteiger partial charge in [0.2, 0.25) is 0 Å². The number of benzene rings is 1. The monoisotopic (exact) mass is 357 g/mol. The first-order valence-corrected chi connectivity index (χ1v) is 10.1. The van der Waals surface area contributed by atoms with E-state index in [0.29, 0.717) is 12.1 Å². The quantitative estimate of drug-likeness (QED) is 0.554. The van der Waals surface area contributed by atoms with Gasteiger partial charge < -0.3 is 10.6 Å². The fourth-order valence-corrected chi connectivity index (χ4v) is 3.83. The third-order valence-corrected chi connectivity index (χ3v) is 5.84. The molecule has 1 aliphatic carbocycles. The molecule has 1 saturated heterocycles. The second-order valence-electron chi connectivity index (χ2n) is 7.75. The van der Waals surface area contributed by atoms with Crippen molar-refractivity contribution in [2.24, 2.45) is 4.99 Å². The molecule has 1 heterocycles. The molecule has 0 radical (unpaired) electrons. The molecule has 0 amide bonds. The predicted octanol–water partition coefficient (Wildman–Crippen LogP) is 2.47. The van der Waals surface area contributed by atoms with Crippen LogP contribution < -0.4 is 10.6 Å². The zero-order valence-corrected chi connectivity index (χ0v) is 16.6. The van der Waals surface area contributed by atoms with E-state index in [1.165, 1.54) is 44.3 Å². The van der Waals surface area contributed by atoms with Crippen molar-refractivity contribution in [2.75, 3.05) is 40.3 Å². The van der Waals surface area contributed by atoms with Gasteiger partial charge in [0, 0.05) is 32.2 Å². The first kappa shape index (κ1) is 19.2. The summed E-state index contributed by atoms with van der Waals surface area (Å²) in [5.74, 6) is 0.904. The van der Waals surface area contributed by atoms with E-state index >= 15 is 0 Å². The Hall–Kier alpha value is -1.59. The standard InChI is InChI=1S/C21H35N5/c1-17(25(3)19-11-12-19)15-23-21(22-2)24-16-20(26-13-7-8-14-26)18-9-5-4-6-10-18/h4-6,9-10,17,19-20H,7-8,11-16H2,1-3H3,(H2,22,23,24). The zero-order valence-electron chi connectivity index (χ0n) is 16.6. The second kappa shape index (κ2) is 9.38. The van der Waals surface area contributed by atoms with E-state index in [-0.39, 0.29) is 0 Å². The minimum Gasteiger partial charge on any atom is -0.355 e. The van der Waals surface area contributed by atoms with Gasteiger partial charge >= 0.3 is 0 Å². The third kappa shape index (κ3) is 5.21. The van der Waals surface area contributed by atoms with Crippen LogP contribution in [0.4, 0.5) is 0 Å². The SMILES string of the molecule is CN=C(NCC(c1ccccc1)N1CCCC1)NCC(C)N(C)C1CC1. The van der Waals surface area contributed by atoms with E-state index in [1.807, 2.05) is 7.05 Å². The summed E-state index contributed by atoms with van der Waals surface area (Å²) in [6, 6.07) is 12.6. The Morgan fingerprint density at radius 3 is 2.42 bits per heavy atom. The average molecular weight is 358 g/mol. The lowest BCUT2D eigenvalue weighted by molar-refractivity contribution is 0.242. The van der Waals surface area contributed by atoms with Crippen molar-refractivity contribution in [2.45, 2.75) is 50.7 Å². The summed E-state index contributed by atoms with van der Waals surface area (Å²) in [5.41, 5.74) is 1.39. The third-order valence-electron chi connectivity index (χ3n) is 5.84. The number of nitrogens with zero attached hydrogens (tertiary/aromatic N) is 3. The molecule has 0 aromatic heterocycles. The van der Waals surface area contributed by atoms with Crippen LogP contribution >= 0.6 is 0 Å². The zero-order chi connectivity index (χ0) is 18.4. The summed E-state index contributed by atoms with van der Waals surface area (Å²) in [4.78, 5) is 9.51. The summed E-state index contributed by atoms with van der Waals surface area (Å²) in [5, 5.41) is 7.07. The minimum atomic E-state index is 0.406. The maximum Gasteiger partial charge on any atom is 0.191 e. The van der Waals surface area contributed by atoms with E-state index < -0.39 is 0 Å². The summed E-state index contributed by atoms with van der Waals surface area (Å²) in [7, 11) is 4.09. The maximum absolute atomic E-state index is 4.43. The van der Waals surface area contributed by atoms with Crippen molar-refractivity contribution in [3.63, 3.8) is 0 Å². The Morgan fingerprint density at radius 2 is 1.81 bits per heavy atom. The van der Waals surface area contributed by atoms with Gasteiger partial charge in [-0.1, -0.05) is 30.3 Å². The van der Waals surface area contributed by atoms with Crippen molar-refractivity contribution >= 4 is 5.96 Å². The number of nitrogens with one attached hydrogen (secondary N) is 2. The smallest absolute Gasteiger partial charge is 0.191 e. The second-order valence-corrected chi connectivity index (χ2v) is 7.75. The van der Waals surface area contributed by atoms with Crippen molar-refractivity contribution in [3.05, 3.63) is 35.9 Å². The van der Waals surface area contributed by atoms with Crippen molar-refractivity contribution in [3.8, 4) is 0 Å². The Morgan fingerprint density at radius 1 is 1.15 bits per heavy atom. The van der Waals surface area contributed by atoms with Gasteiger partial charge in [0.25, 0.3) is 0 Å². The average Bonchev–Trinajstić information content (AvgIpc) is 3.39. The first-order chi connectivity index (χ1) is 12.7. The van der Waals surface area contributed by atoms with Crippen LogP contribution in [0.5, 0.6) is 0 Å². The molecular formula is C21H35N5. The molecule has 2 fully saturated rings. The molecule has 1 aromatic carbocycles. The van der Waals surface area contributed by atoms with Crippen LogP contribution in [0.2, 0.25) is 0 Å². The van der Waals surface area contributed by atoms with Crippen LogP contribution in [0.15, 0.2) is 35.3 Å². The molecule has 144 valence electrons. The van der Waals surface area contributed by atoms with Crippen LogP contribution in [0.1, 0.15) is 44.2 Å². The van der Waals surface area contributed by atoms with Crippen molar-refractivity contribution in [1.82, 2.24) is 20.4 Å². The molecule has 1 saturated carbocycles. The number of aliphatic imine (C=N–C) groups is 1. The van der Waals surface area contributed by atoms with Crippen molar-refractivity contribution in [1.29, 1.82) is 0 Å². The lowest BCUT2D eigenvalue weighted by Crippen LogP contribution is -2.47. The van der Waals surface area contributed by atoms with E-state index in [2.05, 4.69) is 69.7 Å². The Bertz CT molecular complexity index is 563. The molecule has 0 bridgehead atoms. The maximum atomic E-state index is 4.43. The van der Waals surface area contributed by atoms with E-state index in [0.717, 1.165) is 25.1 Å². The molecule has 0 spiro atoms. The Labute approximate surface area is 158 Å². The topological polar surface area (TPSA) is 42.9 Å². The summed E-state index contributed by atoms with van der Waals surface area (Å²) in [6.45, 7) is 6.48. The fourth-order valence-electron chi connectivity index (χ4n) is 3.83. The molecule has 2 aliphatic rings.